The summed E-state index contributed by atoms with van der Waals surface area (Å²) in [5, 5.41) is 14.8. The van der Waals surface area contributed by atoms with E-state index in [4.69, 9.17) is 11.6 Å². The minimum atomic E-state index is -0.288. The number of carbonyl (C=O) groups is 1. The molecule has 0 bridgehead atoms. The van der Waals surface area contributed by atoms with Gasteiger partial charge in [0.25, 0.3) is 0 Å². The molecule has 5 nitrogen and oxygen atoms in total. The molecule has 3 aromatic rings. The monoisotopic (exact) mass is 404 g/mol. The fraction of sp³-hybridized carbons (Fsp3) is 0.278. The Kier molecular flexibility index (Phi) is 5.02. The maximum Gasteiger partial charge on any atom is 0.237 e. The first-order valence-corrected chi connectivity index (χ1v) is 10.5. The highest BCUT2D eigenvalue weighted by atomic mass is 35.5. The third-order valence-corrected chi connectivity index (χ3v) is 6.26. The number of aromatic nitrogens is 3. The molecule has 1 atom stereocenters. The van der Waals surface area contributed by atoms with Gasteiger partial charge in [0, 0.05) is 16.8 Å². The van der Waals surface area contributed by atoms with E-state index < -0.39 is 0 Å². The molecule has 2 heterocycles. The molecule has 1 saturated carbocycles. The quantitative estimate of drug-likeness (QED) is 0.579. The third-order valence-electron chi connectivity index (χ3n) is 4.08. The summed E-state index contributed by atoms with van der Waals surface area (Å²) in [5.41, 5.74) is 0.731. The number of nitrogens with zero attached hydrogens (tertiary/aromatic N) is 3. The standard InChI is InChI=1S/C18H17ClN4OS2/c1-11(17(24)20-13-6-4-12(19)5-7-13)26-18-22-21-16(15-3-2-10-25-15)23(18)14-8-9-14/h2-7,10-11,14H,8-9H2,1H3,(H,20,24)/t11-/m0/s1. The number of thioether (sulfide) groups is 1. The van der Waals surface area contributed by atoms with Gasteiger partial charge >= 0.3 is 0 Å². The highest BCUT2D eigenvalue weighted by molar-refractivity contribution is 8.00. The molecule has 1 aromatic carbocycles. The predicted molar refractivity (Wildman–Crippen MR) is 107 cm³/mol. The van der Waals surface area contributed by atoms with Crippen LogP contribution < -0.4 is 5.32 Å². The molecule has 134 valence electrons. The molecule has 0 saturated heterocycles. The van der Waals surface area contributed by atoms with E-state index in [1.165, 1.54) is 11.8 Å². The number of amides is 1. The van der Waals surface area contributed by atoms with Crippen molar-refractivity contribution in [3.63, 3.8) is 0 Å². The zero-order valence-corrected chi connectivity index (χ0v) is 16.4. The van der Waals surface area contributed by atoms with Crippen molar-refractivity contribution in [2.75, 3.05) is 5.32 Å². The van der Waals surface area contributed by atoms with Gasteiger partial charge in [-0.15, -0.1) is 21.5 Å². The molecule has 1 aliphatic rings. The SMILES string of the molecule is C[C@H](Sc1nnc(-c2cccs2)n1C1CC1)C(=O)Nc1ccc(Cl)cc1. The van der Waals surface area contributed by atoms with Crippen LogP contribution in [0.5, 0.6) is 0 Å². The summed E-state index contributed by atoms with van der Waals surface area (Å²) in [4.78, 5) is 13.6. The molecule has 4 rings (SSSR count). The van der Waals surface area contributed by atoms with Crippen LogP contribution in [0.25, 0.3) is 10.7 Å². The molecule has 2 aromatic heterocycles. The number of rotatable bonds is 6. The molecular weight excluding hydrogens is 388 g/mol. The maximum absolute atomic E-state index is 12.5. The van der Waals surface area contributed by atoms with Gasteiger partial charge in [-0.25, -0.2) is 0 Å². The Morgan fingerprint density at radius 3 is 2.73 bits per heavy atom. The largest absolute Gasteiger partial charge is 0.325 e. The first kappa shape index (κ1) is 17.6. The molecular formula is C18H17ClN4OS2. The fourth-order valence-corrected chi connectivity index (χ4v) is 4.33. The Morgan fingerprint density at radius 1 is 1.31 bits per heavy atom. The Hall–Kier alpha value is -1.83. The van der Waals surface area contributed by atoms with Gasteiger partial charge in [-0.3, -0.25) is 9.36 Å². The number of hydrogen-bond donors (Lipinski definition) is 1. The van der Waals surface area contributed by atoms with E-state index in [1.54, 1.807) is 35.6 Å². The number of halogens is 1. The number of hydrogen-bond acceptors (Lipinski definition) is 5. The van der Waals surface area contributed by atoms with Crippen LogP contribution in [-0.4, -0.2) is 25.9 Å². The van der Waals surface area contributed by atoms with Crippen LogP contribution >= 0.6 is 34.7 Å². The molecule has 26 heavy (non-hydrogen) atoms. The van der Waals surface area contributed by atoms with Crippen LogP contribution in [0.3, 0.4) is 0 Å². The van der Waals surface area contributed by atoms with Crippen molar-refractivity contribution in [3.8, 4) is 10.7 Å². The number of thiophene rings is 1. The van der Waals surface area contributed by atoms with Gasteiger partial charge in [-0.2, -0.15) is 0 Å². The zero-order valence-electron chi connectivity index (χ0n) is 14.1. The predicted octanol–water partition coefficient (Wildman–Crippen LogP) is 5.11. The van der Waals surface area contributed by atoms with Gasteiger partial charge in [0.05, 0.1) is 10.1 Å². The van der Waals surface area contributed by atoms with E-state index in [-0.39, 0.29) is 11.2 Å². The highest BCUT2D eigenvalue weighted by Crippen LogP contribution is 2.42. The van der Waals surface area contributed by atoms with Crippen molar-refractivity contribution in [1.29, 1.82) is 0 Å². The lowest BCUT2D eigenvalue weighted by Gasteiger charge is -2.13. The molecule has 0 aliphatic heterocycles. The van der Waals surface area contributed by atoms with E-state index in [0.29, 0.717) is 11.1 Å². The molecule has 1 aliphatic carbocycles. The van der Waals surface area contributed by atoms with E-state index >= 15 is 0 Å². The second-order valence-electron chi connectivity index (χ2n) is 6.14. The van der Waals surface area contributed by atoms with Crippen LogP contribution in [0.15, 0.2) is 46.9 Å². The van der Waals surface area contributed by atoms with Gasteiger partial charge in [-0.1, -0.05) is 29.4 Å². The smallest absolute Gasteiger partial charge is 0.237 e. The molecule has 1 N–H and O–H groups in total. The number of benzene rings is 1. The normalized spacial score (nSPS) is 15.0. The summed E-state index contributed by atoms with van der Waals surface area (Å²) in [7, 11) is 0. The second kappa shape index (κ2) is 7.42. The summed E-state index contributed by atoms with van der Waals surface area (Å²) in [5.74, 6) is 0.829. The van der Waals surface area contributed by atoms with Crippen molar-refractivity contribution in [2.24, 2.45) is 0 Å². The summed E-state index contributed by atoms with van der Waals surface area (Å²) in [6.07, 6.45) is 2.27. The topological polar surface area (TPSA) is 59.8 Å². The number of anilines is 1. The second-order valence-corrected chi connectivity index (χ2v) is 8.83. The Morgan fingerprint density at radius 2 is 2.08 bits per heavy atom. The Balaban J connectivity index is 1.50. The maximum atomic E-state index is 12.5. The Labute approximate surface area is 164 Å². The van der Waals surface area contributed by atoms with Gasteiger partial charge in [0.1, 0.15) is 0 Å². The first-order valence-electron chi connectivity index (χ1n) is 8.33. The van der Waals surface area contributed by atoms with Gasteiger partial charge in [0.2, 0.25) is 5.91 Å². The minimum absolute atomic E-state index is 0.0691. The van der Waals surface area contributed by atoms with Crippen molar-refractivity contribution in [2.45, 2.75) is 36.2 Å². The minimum Gasteiger partial charge on any atom is -0.325 e. The van der Waals surface area contributed by atoms with Crippen molar-refractivity contribution in [3.05, 3.63) is 46.8 Å². The summed E-state index contributed by atoms with van der Waals surface area (Å²) in [6.45, 7) is 1.88. The van der Waals surface area contributed by atoms with Gasteiger partial charge in [0.15, 0.2) is 11.0 Å². The molecule has 8 heteroatoms. The molecule has 1 fully saturated rings. The lowest BCUT2D eigenvalue weighted by molar-refractivity contribution is -0.115. The number of nitrogens with one attached hydrogen (secondary N) is 1. The molecule has 0 spiro atoms. The van der Waals surface area contributed by atoms with E-state index in [9.17, 15) is 4.79 Å². The van der Waals surface area contributed by atoms with E-state index in [0.717, 1.165) is 34.4 Å². The Bertz CT molecular complexity index is 904. The average Bonchev–Trinajstić information content (AvgIpc) is 3.16. The third kappa shape index (κ3) is 3.79. The fourth-order valence-electron chi connectivity index (χ4n) is 2.58. The highest BCUT2D eigenvalue weighted by Gasteiger charge is 2.31. The van der Waals surface area contributed by atoms with Crippen molar-refractivity contribution < 1.29 is 4.79 Å². The van der Waals surface area contributed by atoms with Crippen LogP contribution in [0, 0.1) is 0 Å². The van der Waals surface area contributed by atoms with Crippen molar-refractivity contribution >= 4 is 46.3 Å². The van der Waals surface area contributed by atoms with Crippen LogP contribution in [0.4, 0.5) is 5.69 Å². The van der Waals surface area contributed by atoms with Crippen molar-refractivity contribution in [1.82, 2.24) is 14.8 Å². The van der Waals surface area contributed by atoms with Crippen LogP contribution in [0.1, 0.15) is 25.8 Å². The van der Waals surface area contributed by atoms with E-state index in [2.05, 4.69) is 26.1 Å². The lowest BCUT2D eigenvalue weighted by Crippen LogP contribution is -2.22. The molecule has 1 amide bonds. The number of carbonyl (C=O) groups excluding carboxylic acids is 1. The van der Waals surface area contributed by atoms with Crippen LogP contribution in [-0.2, 0) is 4.79 Å². The average molecular weight is 405 g/mol. The summed E-state index contributed by atoms with van der Waals surface area (Å²) < 4.78 is 2.18. The van der Waals surface area contributed by atoms with Gasteiger partial charge in [-0.05, 0) is 55.5 Å². The summed E-state index contributed by atoms with van der Waals surface area (Å²) in [6, 6.07) is 11.6. The summed E-state index contributed by atoms with van der Waals surface area (Å²) >= 11 is 8.98. The van der Waals surface area contributed by atoms with Gasteiger partial charge < -0.3 is 5.32 Å². The van der Waals surface area contributed by atoms with E-state index in [1.807, 2.05) is 18.4 Å². The lowest BCUT2D eigenvalue weighted by atomic mass is 10.3. The molecule has 0 unspecified atom stereocenters. The zero-order chi connectivity index (χ0) is 18.1. The van der Waals surface area contributed by atoms with Crippen LogP contribution in [0.2, 0.25) is 5.02 Å². The molecule has 0 radical (unpaired) electrons. The first-order chi connectivity index (χ1) is 12.6.